The van der Waals surface area contributed by atoms with Gasteiger partial charge in [-0.2, -0.15) is 0 Å². The Labute approximate surface area is 173 Å². The maximum atomic E-state index is 5.72. The highest BCUT2D eigenvalue weighted by molar-refractivity contribution is 5.40. The molecule has 1 aliphatic rings. The molecule has 28 heavy (non-hydrogen) atoms. The highest BCUT2D eigenvalue weighted by atomic mass is 16.5. The van der Waals surface area contributed by atoms with Crippen molar-refractivity contribution >= 4 is 0 Å². The van der Waals surface area contributed by atoms with Crippen LogP contribution < -0.4 is 4.74 Å². The lowest BCUT2D eigenvalue weighted by Crippen LogP contribution is -2.13. The lowest BCUT2D eigenvalue weighted by Gasteiger charge is -2.25. The molecule has 1 saturated carbocycles. The van der Waals surface area contributed by atoms with Gasteiger partial charge in [0.15, 0.2) is 0 Å². The largest absolute Gasteiger partial charge is 0.494 e. The molecule has 1 aliphatic carbocycles. The van der Waals surface area contributed by atoms with Gasteiger partial charge in [-0.3, -0.25) is 0 Å². The average Bonchev–Trinajstić information content (AvgIpc) is 2.74. The summed E-state index contributed by atoms with van der Waals surface area (Å²) in [5.41, 5.74) is 1.00. The molecule has 0 amide bonds. The van der Waals surface area contributed by atoms with Crippen LogP contribution in [0.3, 0.4) is 0 Å². The van der Waals surface area contributed by atoms with Crippen molar-refractivity contribution in [2.24, 2.45) is 11.8 Å². The fourth-order valence-corrected chi connectivity index (χ4v) is 3.64. The highest BCUT2D eigenvalue weighted by Crippen LogP contribution is 2.31. The van der Waals surface area contributed by atoms with Gasteiger partial charge in [0.2, 0.25) is 0 Å². The third-order valence-corrected chi connectivity index (χ3v) is 5.44. The Hall–Kier alpha value is -2.12. The number of hydrogen-bond acceptors (Lipinski definition) is 1. The summed E-state index contributed by atoms with van der Waals surface area (Å²) in [6, 6.07) is 8.02. The molecule has 0 aliphatic heterocycles. The first-order chi connectivity index (χ1) is 13.8. The second kappa shape index (κ2) is 14.0. The van der Waals surface area contributed by atoms with Crippen LogP contribution in [-0.4, -0.2) is 6.61 Å². The first kappa shape index (κ1) is 22.2. The van der Waals surface area contributed by atoms with Gasteiger partial charge in [0.05, 0.1) is 6.61 Å². The van der Waals surface area contributed by atoms with E-state index in [0.717, 1.165) is 30.3 Å². The fourth-order valence-electron chi connectivity index (χ4n) is 3.64. The van der Waals surface area contributed by atoms with Gasteiger partial charge in [-0.15, -0.1) is 0 Å². The zero-order valence-corrected chi connectivity index (χ0v) is 17.8. The topological polar surface area (TPSA) is 9.23 Å². The molecule has 0 unspecified atom stereocenters. The van der Waals surface area contributed by atoms with E-state index in [2.05, 4.69) is 37.5 Å². The standard InChI is InChI=1S/C27H36O/c1-3-5-11-23-28-27-21-19-26(20-22-27)14-10-8-7-9-13-25-17-15-24(16-18-25)12-6-4-2/h7-8,19-22,24-25H,3-6,11-12,15-18,23H2,1-2H3/b8-7+. The van der Waals surface area contributed by atoms with Crippen molar-refractivity contribution in [3.8, 4) is 29.4 Å². The summed E-state index contributed by atoms with van der Waals surface area (Å²) in [6.07, 6.45) is 16.7. The zero-order chi connectivity index (χ0) is 19.9. The number of rotatable bonds is 8. The number of unbranched alkanes of at least 4 members (excludes halogenated alkanes) is 3. The van der Waals surface area contributed by atoms with Crippen LogP contribution >= 0.6 is 0 Å². The van der Waals surface area contributed by atoms with Gasteiger partial charge >= 0.3 is 0 Å². The van der Waals surface area contributed by atoms with Gasteiger partial charge in [0.25, 0.3) is 0 Å². The fraction of sp³-hybridized carbons (Fsp3) is 0.556. The number of benzene rings is 1. The third kappa shape index (κ3) is 9.19. The smallest absolute Gasteiger partial charge is 0.119 e. The molecule has 0 bridgehead atoms. The number of ether oxygens (including phenoxy) is 1. The molecule has 0 saturated heterocycles. The molecule has 150 valence electrons. The lowest BCUT2D eigenvalue weighted by atomic mass is 9.80. The lowest BCUT2D eigenvalue weighted by molar-refractivity contribution is 0.296. The summed E-state index contributed by atoms with van der Waals surface area (Å²) in [5, 5.41) is 0. The van der Waals surface area contributed by atoms with E-state index in [0.29, 0.717) is 5.92 Å². The summed E-state index contributed by atoms with van der Waals surface area (Å²) < 4.78 is 5.72. The van der Waals surface area contributed by atoms with E-state index in [4.69, 9.17) is 4.74 Å². The molecule has 0 N–H and O–H groups in total. The van der Waals surface area contributed by atoms with Crippen molar-refractivity contribution in [3.63, 3.8) is 0 Å². The van der Waals surface area contributed by atoms with Crippen molar-refractivity contribution < 1.29 is 4.74 Å². The maximum Gasteiger partial charge on any atom is 0.119 e. The second-order valence-corrected chi connectivity index (χ2v) is 7.83. The van der Waals surface area contributed by atoms with E-state index in [1.54, 1.807) is 0 Å². The SMILES string of the molecule is CCCCCOc1ccc(C#C/C=C/C#CC2CCC(CCCC)CC2)cc1. The molecule has 0 heterocycles. The van der Waals surface area contributed by atoms with Crippen LogP contribution in [0, 0.1) is 35.5 Å². The molecule has 2 rings (SSSR count). The predicted octanol–water partition coefficient (Wildman–Crippen LogP) is 7.16. The van der Waals surface area contributed by atoms with E-state index < -0.39 is 0 Å². The summed E-state index contributed by atoms with van der Waals surface area (Å²) in [6.45, 7) is 5.28. The average molecular weight is 377 g/mol. The van der Waals surface area contributed by atoms with Gasteiger partial charge < -0.3 is 4.74 Å². The normalized spacial score (nSPS) is 18.8. The van der Waals surface area contributed by atoms with E-state index in [-0.39, 0.29) is 0 Å². The first-order valence-corrected chi connectivity index (χ1v) is 11.2. The van der Waals surface area contributed by atoms with Gasteiger partial charge in [-0.1, -0.05) is 69.6 Å². The van der Waals surface area contributed by atoms with Crippen molar-refractivity contribution in [1.29, 1.82) is 0 Å². The van der Waals surface area contributed by atoms with E-state index >= 15 is 0 Å². The van der Waals surface area contributed by atoms with Crippen molar-refractivity contribution in [2.75, 3.05) is 6.61 Å². The Morgan fingerprint density at radius 1 is 0.893 bits per heavy atom. The van der Waals surface area contributed by atoms with Crippen molar-refractivity contribution in [3.05, 3.63) is 42.0 Å². The van der Waals surface area contributed by atoms with Crippen LogP contribution in [0.2, 0.25) is 0 Å². The Morgan fingerprint density at radius 3 is 2.32 bits per heavy atom. The van der Waals surface area contributed by atoms with E-state index in [9.17, 15) is 0 Å². The summed E-state index contributed by atoms with van der Waals surface area (Å²) in [5.74, 6) is 15.3. The number of allylic oxidation sites excluding steroid dienone is 2. The molecule has 1 aromatic rings. The molecule has 1 nitrogen and oxygen atoms in total. The first-order valence-electron chi connectivity index (χ1n) is 11.2. The predicted molar refractivity (Wildman–Crippen MR) is 120 cm³/mol. The summed E-state index contributed by atoms with van der Waals surface area (Å²) >= 11 is 0. The minimum absolute atomic E-state index is 0.584. The van der Waals surface area contributed by atoms with Gasteiger partial charge in [0, 0.05) is 11.5 Å². The van der Waals surface area contributed by atoms with Crippen LogP contribution in [0.25, 0.3) is 0 Å². The minimum atomic E-state index is 0.584. The molecule has 1 aromatic carbocycles. The van der Waals surface area contributed by atoms with Gasteiger partial charge in [-0.05, 0) is 74.4 Å². The molecule has 0 atom stereocenters. The molecule has 0 aromatic heterocycles. The highest BCUT2D eigenvalue weighted by Gasteiger charge is 2.18. The number of hydrogen-bond donors (Lipinski definition) is 0. The molecule has 1 heteroatoms. The van der Waals surface area contributed by atoms with E-state index in [1.807, 2.05) is 36.4 Å². The summed E-state index contributed by atoms with van der Waals surface area (Å²) in [4.78, 5) is 0. The van der Waals surface area contributed by atoms with E-state index in [1.165, 1.54) is 57.8 Å². The second-order valence-electron chi connectivity index (χ2n) is 7.83. The van der Waals surface area contributed by atoms with Crippen LogP contribution in [0.5, 0.6) is 5.75 Å². The Morgan fingerprint density at radius 2 is 1.61 bits per heavy atom. The molecule has 1 fully saturated rings. The molecule has 0 spiro atoms. The van der Waals surface area contributed by atoms with Crippen LogP contribution in [0.1, 0.15) is 83.6 Å². The molecular formula is C27H36O. The van der Waals surface area contributed by atoms with Crippen LogP contribution in [0.4, 0.5) is 0 Å². The summed E-state index contributed by atoms with van der Waals surface area (Å²) in [7, 11) is 0. The molecular weight excluding hydrogens is 340 g/mol. The van der Waals surface area contributed by atoms with Gasteiger partial charge in [0.1, 0.15) is 5.75 Å². The monoisotopic (exact) mass is 376 g/mol. The van der Waals surface area contributed by atoms with Crippen LogP contribution in [-0.2, 0) is 0 Å². The molecule has 0 radical (unpaired) electrons. The van der Waals surface area contributed by atoms with Crippen molar-refractivity contribution in [2.45, 2.75) is 78.1 Å². The van der Waals surface area contributed by atoms with Crippen molar-refractivity contribution in [1.82, 2.24) is 0 Å². The maximum absolute atomic E-state index is 5.72. The van der Waals surface area contributed by atoms with Gasteiger partial charge in [-0.25, -0.2) is 0 Å². The Kier molecular flexibility index (Phi) is 11.1. The van der Waals surface area contributed by atoms with Crippen LogP contribution in [0.15, 0.2) is 36.4 Å². The zero-order valence-electron chi connectivity index (χ0n) is 17.8. The quantitative estimate of drug-likeness (QED) is 0.345. The third-order valence-electron chi connectivity index (χ3n) is 5.44. The Bertz CT molecular complexity index is 682. The Balaban J connectivity index is 1.69. The minimum Gasteiger partial charge on any atom is -0.494 e.